The highest BCUT2D eigenvalue weighted by Crippen LogP contribution is 2.24. The maximum absolute atomic E-state index is 13.3. The van der Waals surface area contributed by atoms with E-state index >= 15 is 0 Å². The quantitative estimate of drug-likeness (QED) is 0.839. The Kier molecular flexibility index (Phi) is 5.08. The van der Waals surface area contributed by atoms with Crippen LogP contribution in [0.25, 0.3) is 0 Å². The average molecular weight is 332 g/mol. The molecule has 3 rings (SSSR count). The summed E-state index contributed by atoms with van der Waals surface area (Å²) in [4.78, 5) is 18.0. The molecular weight excluding hydrogens is 311 g/mol. The second kappa shape index (κ2) is 7.23. The number of benzene rings is 1. The zero-order valence-corrected chi connectivity index (χ0v) is 14.1. The Labute approximate surface area is 140 Å². The fourth-order valence-corrected chi connectivity index (χ4v) is 3.82. The molecule has 122 valence electrons. The maximum atomic E-state index is 13.3. The monoisotopic (exact) mass is 332 g/mol. The van der Waals surface area contributed by atoms with Crippen molar-refractivity contribution in [3.05, 3.63) is 57.5 Å². The van der Waals surface area contributed by atoms with Gasteiger partial charge in [-0.15, -0.1) is 11.3 Å². The van der Waals surface area contributed by atoms with Crippen molar-refractivity contribution in [1.29, 1.82) is 0 Å². The molecule has 2 heterocycles. The highest BCUT2D eigenvalue weighted by atomic mass is 32.1. The number of nitrogens with zero attached hydrogens (tertiary/aromatic N) is 2. The Hall–Kier alpha value is -1.72. The van der Waals surface area contributed by atoms with Crippen LogP contribution in [0, 0.1) is 5.82 Å². The van der Waals surface area contributed by atoms with Crippen LogP contribution in [-0.4, -0.2) is 35.3 Å². The highest BCUT2D eigenvalue weighted by Gasteiger charge is 2.22. The third-order valence-corrected chi connectivity index (χ3v) is 5.28. The normalized spacial score (nSPS) is 14.1. The minimum Gasteiger partial charge on any atom is -0.337 e. The van der Waals surface area contributed by atoms with E-state index in [0.717, 1.165) is 31.6 Å². The number of halogens is 1. The first-order valence-electron chi connectivity index (χ1n) is 7.95. The third kappa shape index (κ3) is 3.98. The first kappa shape index (κ1) is 16.1. The molecule has 1 aromatic heterocycles. The van der Waals surface area contributed by atoms with Crippen molar-refractivity contribution in [2.75, 3.05) is 19.6 Å². The predicted octanol–water partition coefficient (Wildman–Crippen LogP) is 3.29. The molecule has 1 aliphatic heterocycles. The van der Waals surface area contributed by atoms with E-state index in [4.69, 9.17) is 0 Å². The molecule has 1 aliphatic rings. The summed E-state index contributed by atoms with van der Waals surface area (Å²) in [5.74, 6) is -0.0778. The summed E-state index contributed by atoms with van der Waals surface area (Å²) in [6.07, 6.45) is 0.953. The van der Waals surface area contributed by atoms with Gasteiger partial charge in [-0.25, -0.2) is 4.39 Å². The standard InChI is InChI=1S/C18H21FN2OS/c1-2-20(11-14-4-3-5-16(19)10-14)13-18(22)21-8-6-17-15(12-21)7-9-23-17/h3-5,7,9-10H,2,6,8,11-13H2,1H3. The van der Waals surface area contributed by atoms with Crippen LogP contribution in [0.4, 0.5) is 4.39 Å². The smallest absolute Gasteiger partial charge is 0.237 e. The van der Waals surface area contributed by atoms with E-state index in [-0.39, 0.29) is 11.7 Å². The first-order chi connectivity index (χ1) is 11.2. The molecule has 5 heteroatoms. The number of fused-ring (bicyclic) bond motifs is 1. The van der Waals surface area contributed by atoms with Crippen molar-refractivity contribution in [3.63, 3.8) is 0 Å². The largest absolute Gasteiger partial charge is 0.337 e. The minimum atomic E-state index is -0.231. The second-order valence-corrected chi connectivity index (χ2v) is 6.87. The lowest BCUT2D eigenvalue weighted by Crippen LogP contribution is -2.42. The molecule has 3 nitrogen and oxygen atoms in total. The van der Waals surface area contributed by atoms with Gasteiger partial charge in [0.15, 0.2) is 0 Å². The van der Waals surface area contributed by atoms with Crippen molar-refractivity contribution in [1.82, 2.24) is 9.80 Å². The number of carbonyl (C=O) groups excluding carboxylic acids is 1. The zero-order valence-electron chi connectivity index (χ0n) is 13.3. The van der Waals surface area contributed by atoms with Crippen LogP contribution in [0.5, 0.6) is 0 Å². The molecule has 0 aliphatic carbocycles. The van der Waals surface area contributed by atoms with Crippen molar-refractivity contribution in [3.8, 4) is 0 Å². The first-order valence-corrected chi connectivity index (χ1v) is 8.83. The van der Waals surface area contributed by atoms with E-state index in [1.807, 2.05) is 17.9 Å². The van der Waals surface area contributed by atoms with Crippen LogP contribution in [-0.2, 0) is 24.3 Å². The number of rotatable bonds is 5. The fraction of sp³-hybridized carbons (Fsp3) is 0.389. The number of hydrogen-bond donors (Lipinski definition) is 0. The summed E-state index contributed by atoms with van der Waals surface area (Å²) in [7, 11) is 0. The van der Waals surface area contributed by atoms with E-state index in [9.17, 15) is 9.18 Å². The van der Waals surface area contributed by atoms with E-state index in [1.165, 1.54) is 22.6 Å². The van der Waals surface area contributed by atoms with Crippen molar-refractivity contribution < 1.29 is 9.18 Å². The van der Waals surface area contributed by atoms with E-state index < -0.39 is 0 Å². The van der Waals surface area contributed by atoms with Crippen LogP contribution in [0.15, 0.2) is 35.7 Å². The van der Waals surface area contributed by atoms with Gasteiger partial charge in [0.1, 0.15) is 5.82 Å². The zero-order chi connectivity index (χ0) is 16.2. The number of likely N-dealkylation sites (N-methyl/N-ethyl adjacent to an activating group) is 1. The summed E-state index contributed by atoms with van der Waals surface area (Å²) < 4.78 is 13.3. The van der Waals surface area contributed by atoms with Gasteiger partial charge in [0.25, 0.3) is 0 Å². The van der Waals surface area contributed by atoms with Crippen LogP contribution in [0.1, 0.15) is 22.9 Å². The number of thiophene rings is 1. The summed E-state index contributed by atoms with van der Waals surface area (Å²) in [5.41, 5.74) is 2.18. The SMILES string of the molecule is CCN(CC(=O)N1CCc2sccc2C1)Cc1cccc(F)c1. The molecule has 23 heavy (non-hydrogen) atoms. The molecule has 0 saturated carbocycles. The summed E-state index contributed by atoms with van der Waals surface area (Å²) in [5, 5.41) is 2.10. The minimum absolute atomic E-state index is 0.153. The second-order valence-electron chi connectivity index (χ2n) is 5.87. The highest BCUT2D eigenvalue weighted by molar-refractivity contribution is 7.10. The lowest BCUT2D eigenvalue weighted by Gasteiger charge is -2.29. The van der Waals surface area contributed by atoms with Crippen LogP contribution >= 0.6 is 11.3 Å². The van der Waals surface area contributed by atoms with Gasteiger partial charge >= 0.3 is 0 Å². The molecule has 0 unspecified atom stereocenters. The Morgan fingerprint density at radius 2 is 2.26 bits per heavy atom. The van der Waals surface area contributed by atoms with Gasteiger partial charge in [-0.1, -0.05) is 19.1 Å². The van der Waals surface area contributed by atoms with Gasteiger partial charge in [0, 0.05) is 24.5 Å². The molecule has 0 saturated heterocycles. The van der Waals surface area contributed by atoms with E-state index in [2.05, 4.69) is 16.3 Å². The predicted molar refractivity (Wildman–Crippen MR) is 90.8 cm³/mol. The lowest BCUT2D eigenvalue weighted by molar-refractivity contribution is -0.133. The summed E-state index contributed by atoms with van der Waals surface area (Å²) >= 11 is 1.78. The van der Waals surface area contributed by atoms with Crippen LogP contribution in [0.2, 0.25) is 0 Å². The van der Waals surface area contributed by atoms with Crippen molar-refractivity contribution >= 4 is 17.2 Å². The Balaban J connectivity index is 1.59. The third-order valence-electron chi connectivity index (χ3n) is 4.26. The number of amides is 1. The number of carbonyl (C=O) groups is 1. The van der Waals surface area contributed by atoms with E-state index in [0.29, 0.717) is 13.1 Å². The summed E-state index contributed by atoms with van der Waals surface area (Å²) in [6, 6.07) is 8.70. The molecule has 1 aromatic carbocycles. The Bertz CT molecular complexity index is 685. The average Bonchev–Trinajstić information content (AvgIpc) is 3.01. The molecule has 0 spiro atoms. The van der Waals surface area contributed by atoms with Gasteiger partial charge in [0.2, 0.25) is 5.91 Å². The molecule has 0 bridgehead atoms. The van der Waals surface area contributed by atoms with Gasteiger partial charge in [-0.2, -0.15) is 0 Å². The molecule has 0 N–H and O–H groups in total. The molecule has 0 radical (unpaired) electrons. The van der Waals surface area contributed by atoms with Gasteiger partial charge in [-0.05, 0) is 47.7 Å². The van der Waals surface area contributed by atoms with Gasteiger partial charge in [0.05, 0.1) is 6.54 Å². The van der Waals surface area contributed by atoms with E-state index in [1.54, 1.807) is 17.4 Å². The maximum Gasteiger partial charge on any atom is 0.237 e. The fourth-order valence-electron chi connectivity index (χ4n) is 2.93. The topological polar surface area (TPSA) is 23.6 Å². The van der Waals surface area contributed by atoms with Gasteiger partial charge < -0.3 is 4.90 Å². The lowest BCUT2D eigenvalue weighted by atomic mass is 10.1. The molecular formula is C18H21FN2OS. The molecule has 1 amide bonds. The van der Waals surface area contributed by atoms with Crippen molar-refractivity contribution in [2.24, 2.45) is 0 Å². The van der Waals surface area contributed by atoms with Crippen molar-refractivity contribution in [2.45, 2.75) is 26.4 Å². The Morgan fingerprint density at radius 1 is 1.39 bits per heavy atom. The van der Waals surface area contributed by atoms with Crippen LogP contribution < -0.4 is 0 Å². The molecule has 0 fully saturated rings. The Morgan fingerprint density at radius 3 is 3.04 bits per heavy atom. The number of hydrogen-bond acceptors (Lipinski definition) is 3. The van der Waals surface area contributed by atoms with Gasteiger partial charge in [-0.3, -0.25) is 9.69 Å². The molecule has 2 aromatic rings. The van der Waals surface area contributed by atoms with Crippen LogP contribution in [0.3, 0.4) is 0 Å². The summed E-state index contributed by atoms with van der Waals surface area (Å²) in [6.45, 7) is 5.28. The molecule has 0 atom stereocenters.